The Balaban J connectivity index is 1.93. The number of hydrogen-bond donors (Lipinski definition) is 1. The molecule has 3 nitrogen and oxygen atoms in total. The van der Waals surface area contributed by atoms with Gasteiger partial charge in [0, 0.05) is 6.42 Å². The monoisotopic (exact) mass is 116 g/mol. The van der Waals surface area contributed by atoms with Gasteiger partial charge in [0.2, 0.25) is 0 Å². The van der Waals surface area contributed by atoms with Gasteiger partial charge in [-0.3, -0.25) is 0 Å². The van der Waals surface area contributed by atoms with E-state index in [1.807, 2.05) is 0 Å². The number of rotatable bonds is 0. The van der Waals surface area contributed by atoms with Crippen molar-refractivity contribution in [3.63, 3.8) is 0 Å². The molecule has 1 saturated carbocycles. The maximum Gasteiger partial charge on any atom is 0.189 e. The van der Waals surface area contributed by atoms with Gasteiger partial charge in [0.15, 0.2) is 6.29 Å². The Bertz CT molecular complexity index is 104. The summed E-state index contributed by atoms with van der Waals surface area (Å²) in [6.45, 7) is 0. The van der Waals surface area contributed by atoms with Gasteiger partial charge in [0.05, 0.1) is 6.10 Å². The van der Waals surface area contributed by atoms with Crippen molar-refractivity contribution in [3.8, 4) is 0 Å². The van der Waals surface area contributed by atoms with Crippen molar-refractivity contribution < 1.29 is 14.9 Å². The molecule has 1 N–H and O–H groups in total. The van der Waals surface area contributed by atoms with Crippen LogP contribution in [0.5, 0.6) is 0 Å². The molecule has 0 bridgehead atoms. The summed E-state index contributed by atoms with van der Waals surface area (Å²) >= 11 is 0. The molecule has 0 aromatic rings. The lowest BCUT2D eigenvalue weighted by molar-refractivity contribution is -0.395. The van der Waals surface area contributed by atoms with Gasteiger partial charge in [-0.1, -0.05) is 0 Å². The van der Waals surface area contributed by atoms with Gasteiger partial charge in [0.25, 0.3) is 0 Å². The van der Waals surface area contributed by atoms with Gasteiger partial charge in [-0.25, -0.2) is 9.78 Å². The van der Waals surface area contributed by atoms with E-state index in [0.29, 0.717) is 12.0 Å². The third kappa shape index (κ3) is 0.632. The largest absolute Gasteiger partial charge is 0.366 e. The first-order valence-corrected chi connectivity index (χ1v) is 2.86. The van der Waals surface area contributed by atoms with Gasteiger partial charge in [-0.15, -0.1) is 0 Å². The van der Waals surface area contributed by atoms with Crippen molar-refractivity contribution in [1.29, 1.82) is 0 Å². The summed E-state index contributed by atoms with van der Waals surface area (Å²) in [5.74, 6) is 0.582. The quantitative estimate of drug-likeness (QED) is 0.454. The molecule has 0 radical (unpaired) electrons. The van der Waals surface area contributed by atoms with Gasteiger partial charge in [-0.05, 0) is 12.3 Å². The topological polar surface area (TPSA) is 38.7 Å². The molecule has 3 heteroatoms. The first kappa shape index (κ1) is 4.73. The molecule has 3 atom stereocenters. The van der Waals surface area contributed by atoms with Crippen LogP contribution in [0, 0.1) is 5.92 Å². The zero-order valence-electron chi connectivity index (χ0n) is 4.41. The second kappa shape index (κ2) is 1.43. The molecule has 2 fully saturated rings. The number of aliphatic hydroxyl groups excluding tert-OH is 1. The molecule has 0 aromatic carbocycles. The van der Waals surface area contributed by atoms with Crippen LogP contribution in [0.15, 0.2) is 0 Å². The molecule has 3 unspecified atom stereocenters. The highest BCUT2D eigenvalue weighted by atomic mass is 17.2. The van der Waals surface area contributed by atoms with Crippen LogP contribution < -0.4 is 0 Å². The van der Waals surface area contributed by atoms with Crippen LogP contribution in [0.25, 0.3) is 0 Å². The fraction of sp³-hybridized carbons (Fsp3) is 1.00. The maximum absolute atomic E-state index is 8.76. The highest BCUT2D eigenvalue weighted by Gasteiger charge is 2.44. The molecule has 1 aliphatic heterocycles. The second-order valence-electron chi connectivity index (χ2n) is 2.42. The smallest absolute Gasteiger partial charge is 0.189 e. The number of fused-ring (bicyclic) bond motifs is 1. The minimum absolute atomic E-state index is 0.304. The van der Waals surface area contributed by atoms with E-state index in [4.69, 9.17) is 9.99 Å². The number of aliphatic hydroxyl groups is 1. The van der Waals surface area contributed by atoms with Crippen LogP contribution in [0.2, 0.25) is 0 Å². The summed E-state index contributed by atoms with van der Waals surface area (Å²) in [7, 11) is 0. The summed E-state index contributed by atoms with van der Waals surface area (Å²) in [4.78, 5) is 9.20. The Labute approximate surface area is 47.1 Å². The van der Waals surface area contributed by atoms with Crippen molar-refractivity contribution in [2.45, 2.75) is 25.2 Å². The average Bonchev–Trinajstić information content (AvgIpc) is 2.43. The van der Waals surface area contributed by atoms with Crippen molar-refractivity contribution in [2.75, 3.05) is 0 Å². The Morgan fingerprint density at radius 3 is 2.75 bits per heavy atom. The molecule has 1 heterocycles. The minimum atomic E-state index is -0.668. The lowest BCUT2D eigenvalue weighted by Gasteiger charge is -2.14. The van der Waals surface area contributed by atoms with Crippen molar-refractivity contribution in [3.05, 3.63) is 0 Å². The molecule has 1 aliphatic carbocycles. The zero-order valence-corrected chi connectivity index (χ0v) is 4.41. The molecule has 8 heavy (non-hydrogen) atoms. The van der Waals surface area contributed by atoms with Crippen LogP contribution in [0.4, 0.5) is 0 Å². The van der Waals surface area contributed by atoms with Crippen LogP contribution >= 0.6 is 0 Å². The molecule has 1 saturated heterocycles. The van der Waals surface area contributed by atoms with E-state index >= 15 is 0 Å². The van der Waals surface area contributed by atoms with Gasteiger partial charge < -0.3 is 5.11 Å². The van der Waals surface area contributed by atoms with Crippen LogP contribution in [-0.2, 0) is 9.78 Å². The van der Waals surface area contributed by atoms with E-state index in [1.165, 1.54) is 0 Å². The normalized spacial score (nSPS) is 52.9. The SMILES string of the molecule is OC1CC2CC2OO1. The highest BCUT2D eigenvalue weighted by Crippen LogP contribution is 2.41. The Kier molecular flexibility index (Phi) is 0.848. The van der Waals surface area contributed by atoms with Gasteiger partial charge in [-0.2, -0.15) is 0 Å². The third-order valence-corrected chi connectivity index (χ3v) is 1.65. The van der Waals surface area contributed by atoms with E-state index in [1.54, 1.807) is 0 Å². The third-order valence-electron chi connectivity index (χ3n) is 1.65. The fourth-order valence-corrected chi connectivity index (χ4v) is 1.02. The van der Waals surface area contributed by atoms with Crippen LogP contribution in [0.3, 0.4) is 0 Å². The summed E-state index contributed by atoms with van der Waals surface area (Å²) in [5.41, 5.74) is 0. The molecular weight excluding hydrogens is 108 g/mol. The first-order valence-electron chi connectivity index (χ1n) is 2.86. The zero-order chi connectivity index (χ0) is 5.56. The molecule has 0 amide bonds. The fourth-order valence-electron chi connectivity index (χ4n) is 1.02. The Hall–Kier alpha value is -0.120. The van der Waals surface area contributed by atoms with E-state index in [2.05, 4.69) is 4.89 Å². The Morgan fingerprint density at radius 2 is 2.12 bits per heavy atom. The number of hydrogen-bond acceptors (Lipinski definition) is 3. The molecular formula is C5H8O3. The summed E-state index contributed by atoms with van der Waals surface area (Å²) in [6, 6.07) is 0. The second-order valence-corrected chi connectivity index (χ2v) is 2.42. The van der Waals surface area contributed by atoms with E-state index in [-0.39, 0.29) is 0 Å². The lowest BCUT2D eigenvalue weighted by atomic mass is 10.3. The Morgan fingerprint density at radius 1 is 1.25 bits per heavy atom. The highest BCUT2D eigenvalue weighted by molar-refractivity contribution is 4.88. The van der Waals surface area contributed by atoms with Gasteiger partial charge in [0.1, 0.15) is 0 Å². The van der Waals surface area contributed by atoms with Crippen molar-refractivity contribution in [1.82, 2.24) is 0 Å². The van der Waals surface area contributed by atoms with Crippen LogP contribution in [-0.4, -0.2) is 17.5 Å². The van der Waals surface area contributed by atoms with E-state index in [0.717, 1.165) is 12.8 Å². The summed E-state index contributed by atoms with van der Waals surface area (Å²) < 4.78 is 0. The average molecular weight is 116 g/mol. The molecule has 0 spiro atoms. The molecule has 0 aromatic heterocycles. The standard InChI is InChI=1S/C5H8O3/c6-5-2-3-1-4(3)7-8-5/h3-6H,1-2H2. The predicted molar refractivity (Wildman–Crippen MR) is 24.7 cm³/mol. The van der Waals surface area contributed by atoms with E-state index < -0.39 is 6.29 Å². The first-order chi connectivity index (χ1) is 3.86. The lowest BCUT2D eigenvalue weighted by Crippen LogP contribution is -2.20. The van der Waals surface area contributed by atoms with Crippen LogP contribution in [0.1, 0.15) is 12.8 Å². The molecule has 2 aliphatic rings. The predicted octanol–water partition coefficient (Wildman–Crippen LogP) is 0.0452. The molecule has 46 valence electrons. The summed E-state index contributed by atoms with van der Waals surface area (Å²) in [5, 5.41) is 8.76. The van der Waals surface area contributed by atoms with Crippen molar-refractivity contribution in [2.24, 2.45) is 5.92 Å². The molecule has 2 rings (SSSR count). The summed E-state index contributed by atoms with van der Waals surface area (Å²) in [6.07, 6.45) is 1.46. The van der Waals surface area contributed by atoms with Crippen molar-refractivity contribution >= 4 is 0 Å². The maximum atomic E-state index is 8.76. The van der Waals surface area contributed by atoms with E-state index in [9.17, 15) is 0 Å². The minimum Gasteiger partial charge on any atom is -0.366 e. The van der Waals surface area contributed by atoms with Gasteiger partial charge >= 0.3 is 0 Å².